The second-order valence-corrected chi connectivity index (χ2v) is 5.04. The van der Waals surface area contributed by atoms with Gasteiger partial charge in [-0.05, 0) is 43.6 Å². The van der Waals surface area contributed by atoms with Crippen LogP contribution in [0.25, 0.3) is 0 Å². The Morgan fingerprint density at radius 1 is 1.37 bits per heavy atom. The van der Waals surface area contributed by atoms with Crippen LogP contribution in [0.1, 0.15) is 24.5 Å². The molecule has 1 saturated heterocycles. The molecule has 1 amide bonds. The number of piperidine rings is 1. The highest BCUT2D eigenvalue weighted by Gasteiger charge is 2.24. The number of hydrogen-bond donors (Lipinski definition) is 2. The Kier molecular flexibility index (Phi) is 4.50. The number of likely N-dealkylation sites (tertiary alicyclic amines) is 1. The molecule has 0 bridgehead atoms. The van der Waals surface area contributed by atoms with Gasteiger partial charge in [-0.25, -0.2) is 4.39 Å². The average Bonchev–Trinajstić information content (AvgIpc) is 2.40. The van der Waals surface area contributed by atoms with Gasteiger partial charge in [0.25, 0.3) is 0 Å². The number of halogens is 1. The molecule has 0 saturated carbocycles. The van der Waals surface area contributed by atoms with Crippen molar-refractivity contribution in [2.24, 2.45) is 11.7 Å². The molecule has 3 N–H and O–H groups in total. The standard InChI is InChI=1S/C14H19FN2O2/c15-12-3-1-10(2-4-12)13(18)9-17-7-5-11(6-8-17)14(16)19/h1-4,11,13,18H,5-9H2,(H2,16,19). The third-order valence-electron chi connectivity index (χ3n) is 3.68. The molecule has 1 heterocycles. The van der Waals surface area contributed by atoms with Crippen molar-refractivity contribution in [1.82, 2.24) is 4.90 Å². The van der Waals surface area contributed by atoms with Crippen molar-refractivity contribution in [1.29, 1.82) is 0 Å². The number of rotatable bonds is 4. The lowest BCUT2D eigenvalue weighted by atomic mass is 9.96. The molecule has 2 rings (SSSR count). The van der Waals surface area contributed by atoms with Crippen molar-refractivity contribution in [2.75, 3.05) is 19.6 Å². The number of aliphatic hydroxyl groups is 1. The molecule has 1 aromatic rings. The van der Waals surface area contributed by atoms with E-state index in [1.807, 2.05) is 0 Å². The van der Waals surface area contributed by atoms with Crippen LogP contribution in [0, 0.1) is 11.7 Å². The Morgan fingerprint density at radius 3 is 2.47 bits per heavy atom. The maximum Gasteiger partial charge on any atom is 0.220 e. The number of hydrogen-bond acceptors (Lipinski definition) is 3. The smallest absolute Gasteiger partial charge is 0.220 e. The number of amides is 1. The zero-order valence-corrected chi connectivity index (χ0v) is 10.8. The van der Waals surface area contributed by atoms with E-state index in [1.54, 1.807) is 12.1 Å². The third kappa shape index (κ3) is 3.75. The normalized spacial score (nSPS) is 19.3. The molecule has 1 aliphatic heterocycles. The van der Waals surface area contributed by atoms with Crippen LogP contribution < -0.4 is 5.73 Å². The van der Waals surface area contributed by atoms with Crippen LogP contribution in [0.3, 0.4) is 0 Å². The van der Waals surface area contributed by atoms with Crippen LogP contribution in [0.5, 0.6) is 0 Å². The van der Waals surface area contributed by atoms with Crippen molar-refractivity contribution in [2.45, 2.75) is 18.9 Å². The van der Waals surface area contributed by atoms with Crippen LogP contribution >= 0.6 is 0 Å². The average molecular weight is 266 g/mol. The number of nitrogens with zero attached hydrogens (tertiary/aromatic N) is 1. The summed E-state index contributed by atoms with van der Waals surface area (Å²) in [4.78, 5) is 13.2. The zero-order chi connectivity index (χ0) is 13.8. The van der Waals surface area contributed by atoms with E-state index in [1.165, 1.54) is 12.1 Å². The topological polar surface area (TPSA) is 66.6 Å². The van der Waals surface area contributed by atoms with Crippen molar-refractivity contribution in [3.63, 3.8) is 0 Å². The lowest BCUT2D eigenvalue weighted by molar-refractivity contribution is -0.123. The Balaban J connectivity index is 1.85. The maximum atomic E-state index is 12.8. The van der Waals surface area contributed by atoms with Crippen molar-refractivity contribution < 1.29 is 14.3 Å². The summed E-state index contributed by atoms with van der Waals surface area (Å²) < 4.78 is 12.8. The van der Waals surface area contributed by atoms with Crippen LogP contribution in [-0.4, -0.2) is 35.5 Å². The highest BCUT2D eigenvalue weighted by atomic mass is 19.1. The van der Waals surface area contributed by atoms with E-state index in [4.69, 9.17) is 5.73 Å². The molecule has 104 valence electrons. The van der Waals surface area contributed by atoms with Gasteiger partial charge in [-0.2, -0.15) is 0 Å². The van der Waals surface area contributed by atoms with Gasteiger partial charge in [0.2, 0.25) is 5.91 Å². The van der Waals surface area contributed by atoms with Gasteiger partial charge in [0.05, 0.1) is 6.10 Å². The Labute approximate surface area is 112 Å². The fraction of sp³-hybridized carbons (Fsp3) is 0.500. The first kappa shape index (κ1) is 14.0. The van der Waals surface area contributed by atoms with Gasteiger partial charge < -0.3 is 15.7 Å². The monoisotopic (exact) mass is 266 g/mol. The number of primary amides is 1. The molecule has 1 unspecified atom stereocenters. The molecule has 1 fully saturated rings. The minimum absolute atomic E-state index is 0.0424. The minimum Gasteiger partial charge on any atom is -0.387 e. The lowest BCUT2D eigenvalue weighted by Crippen LogP contribution is -2.40. The molecule has 1 atom stereocenters. The van der Waals surface area contributed by atoms with Crippen molar-refractivity contribution in [3.05, 3.63) is 35.6 Å². The molecule has 19 heavy (non-hydrogen) atoms. The number of carbonyl (C=O) groups excluding carboxylic acids is 1. The van der Waals surface area contributed by atoms with E-state index in [-0.39, 0.29) is 17.6 Å². The lowest BCUT2D eigenvalue weighted by Gasteiger charge is -2.31. The van der Waals surface area contributed by atoms with Crippen LogP contribution in [0.4, 0.5) is 4.39 Å². The second-order valence-electron chi connectivity index (χ2n) is 5.04. The highest BCUT2D eigenvalue weighted by Crippen LogP contribution is 2.20. The number of benzene rings is 1. The number of aliphatic hydroxyl groups excluding tert-OH is 1. The molecule has 0 radical (unpaired) electrons. The Morgan fingerprint density at radius 2 is 1.95 bits per heavy atom. The van der Waals surface area contributed by atoms with E-state index >= 15 is 0 Å². The van der Waals surface area contributed by atoms with Crippen molar-refractivity contribution in [3.8, 4) is 0 Å². The van der Waals surface area contributed by atoms with E-state index in [0.29, 0.717) is 12.1 Å². The van der Waals surface area contributed by atoms with Crippen LogP contribution in [0.2, 0.25) is 0 Å². The number of carbonyl (C=O) groups is 1. The summed E-state index contributed by atoms with van der Waals surface area (Å²) in [6.45, 7) is 2.01. The van der Waals surface area contributed by atoms with Gasteiger partial charge >= 0.3 is 0 Å². The predicted octanol–water partition coefficient (Wildman–Crippen LogP) is 1.06. The van der Waals surface area contributed by atoms with Crippen LogP contribution in [0.15, 0.2) is 24.3 Å². The van der Waals surface area contributed by atoms with E-state index < -0.39 is 6.10 Å². The van der Waals surface area contributed by atoms with Gasteiger partial charge in [0.1, 0.15) is 5.82 Å². The van der Waals surface area contributed by atoms with Gasteiger partial charge in [-0.3, -0.25) is 4.79 Å². The molecular formula is C14H19FN2O2. The van der Waals surface area contributed by atoms with Gasteiger partial charge in [0, 0.05) is 12.5 Å². The van der Waals surface area contributed by atoms with Crippen LogP contribution in [-0.2, 0) is 4.79 Å². The molecule has 1 aromatic carbocycles. The van der Waals surface area contributed by atoms with Gasteiger partial charge in [0.15, 0.2) is 0 Å². The molecule has 0 aromatic heterocycles. The molecule has 0 aliphatic carbocycles. The predicted molar refractivity (Wildman–Crippen MR) is 69.7 cm³/mol. The highest BCUT2D eigenvalue weighted by molar-refractivity contribution is 5.76. The Bertz CT molecular complexity index is 428. The quantitative estimate of drug-likeness (QED) is 0.856. The second kappa shape index (κ2) is 6.12. The molecule has 4 nitrogen and oxygen atoms in total. The SMILES string of the molecule is NC(=O)C1CCN(CC(O)c2ccc(F)cc2)CC1. The summed E-state index contributed by atoms with van der Waals surface area (Å²) in [5.74, 6) is -0.587. The summed E-state index contributed by atoms with van der Waals surface area (Å²) in [5, 5.41) is 10.1. The van der Waals surface area contributed by atoms with E-state index in [9.17, 15) is 14.3 Å². The third-order valence-corrected chi connectivity index (χ3v) is 3.68. The van der Waals surface area contributed by atoms with E-state index in [0.717, 1.165) is 25.9 Å². The minimum atomic E-state index is -0.634. The summed E-state index contributed by atoms with van der Waals surface area (Å²) in [7, 11) is 0. The molecule has 1 aliphatic rings. The molecule has 0 spiro atoms. The first-order valence-corrected chi connectivity index (χ1v) is 6.51. The summed E-state index contributed by atoms with van der Waals surface area (Å²) in [5.41, 5.74) is 5.98. The Hall–Kier alpha value is -1.46. The van der Waals surface area contributed by atoms with Crippen molar-refractivity contribution >= 4 is 5.91 Å². The number of nitrogens with two attached hydrogens (primary N) is 1. The summed E-state index contributed by atoms with van der Waals surface area (Å²) in [6.07, 6.45) is 0.849. The maximum absolute atomic E-state index is 12.8. The molecular weight excluding hydrogens is 247 g/mol. The summed E-state index contributed by atoms with van der Waals surface area (Å²) >= 11 is 0. The summed E-state index contributed by atoms with van der Waals surface area (Å²) in [6, 6.07) is 5.88. The fourth-order valence-corrected chi connectivity index (χ4v) is 2.43. The molecule has 5 heteroatoms. The largest absolute Gasteiger partial charge is 0.387 e. The zero-order valence-electron chi connectivity index (χ0n) is 10.8. The van der Waals surface area contributed by atoms with Gasteiger partial charge in [-0.15, -0.1) is 0 Å². The number of β-amino-alcohol motifs (C(OH)–C–C–N with tert-alkyl or cyclic N) is 1. The fourth-order valence-electron chi connectivity index (χ4n) is 2.43. The van der Waals surface area contributed by atoms with Gasteiger partial charge in [-0.1, -0.05) is 12.1 Å². The first-order valence-electron chi connectivity index (χ1n) is 6.51. The first-order chi connectivity index (χ1) is 9.06. The van der Waals surface area contributed by atoms with E-state index in [2.05, 4.69) is 4.90 Å².